The van der Waals surface area contributed by atoms with Crippen LogP contribution in [0.25, 0.3) is 0 Å². The molecule has 1 radical (unpaired) electrons. The van der Waals surface area contributed by atoms with E-state index in [0.29, 0.717) is 0 Å². The average molecular weight is 95.5 g/mol. The Morgan fingerprint density at radius 1 is 1.80 bits per heavy atom. The highest BCUT2D eigenvalue weighted by Crippen LogP contribution is 1.42. The first kappa shape index (κ1) is 8.87. The number of carbonyl (C=O) groups excluding carboxylic acids is 1. The molecule has 0 heterocycles. The van der Waals surface area contributed by atoms with Crippen molar-refractivity contribution in [3.63, 3.8) is 0 Å². The molecule has 0 aliphatic carbocycles. The van der Waals surface area contributed by atoms with E-state index in [-0.39, 0.29) is 0 Å². The normalized spacial score (nSPS) is 3.80. The van der Waals surface area contributed by atoms with Crippen LogP contribution in [0, 0.1) is 0 Å². The monoisotopic (exact) mass is 95.0 g/mol. The molecule has 0 aliphatic heterocycles. The molecule has 0 fully saturated rings. The Hall–Kier alpha value is -0.0800. The molecule has 0 aromatic rings. The molecule has 0 amide bonds. The molecule has 0 rings (SSSR count). The molecule has 0 aromatic heterocycles. The predicted molar refractivity (Wildman–Crippen MR) is 19.7 cm³/mol. The molecule has 0 bridgehead atoms. The van der Waals surface area contributed by atoms with Gasteiger partial charge in [0, 0.05) is 7.11 Å². The number of halogens is 1. The molecule has 0 aromatic carbocycles. The molecule has 0 saturated carbocycles. The Bertz CT molecular complexity index is 15.1. The van der Waals surface area contributed by atoms with Gasteiger partial charge in [0.1, 0.15) is 0 Å². The minimum absolute atomic E-state index is 0.972. The van der Waals surface area contributed by atoms with Crippen LogP contribution in [-0.2, 0) is 4.79 Å². The largest absolute Gasteiger partial charge is 0.400 e. The van der Waals surface area contributed by atoms with Crippen LogP contribution in [0.4, 0.5) is 0 Å². The maximum Gasteiger partial charge on any atom is 0.304 e. The summed E-state index contributed by atoms with van der Waals surface area (Å²) < 4.78 is 0. The summed E-state index contributed by atoms with van der Waals surface area (Å²) in [6, 6.07) is 0. The molecule has 5 heavy (non-hydrogen) atoms. The summed E-state index contributed by atoms with van der Waals surface area (Å²) in [7, 11) is 1.00. The van der Waals surface area contributed by atoms with E-state index in [1.54, 1.807) is 0 Å². The van der Waals surface area contributed by atoms with Crippen LogP contribution >= 0.6 is 11.6 Å². The van der Waals surface area contributed by atoms with Gasteiger partial charge < -0.3 is 5.11 Å². The summed E-state index contributed by atoms with van der Waals surface area (Å²) >= 11 is 4.19. The maximum atomic E-state index is 8.45. The Morgan fingerprint density at radius 2 is 1.80 bits per heavy atom. The lowest BCUT2D eigenvalue weighted by atomic mass is 11.8. The lowest BCUT2D eigenvalue weighted by molar-refractivity contribution is 0.399. The number of aliphatic hydroxyl groups excluding tert-OH is 1. The van der Waals surface area contributed by atoms with E-state index in [1.807, 2.05) is 0 Å². The predicted octanol–water partition coefficient (Wildman–Crippen LogP) is -0.0991. The third-order valence-corrected chi connectivity index (χ3v) is 0. The molecule has 0 saturated heterocycles. The van der Waals surface area contributed by atoms with Gasteiger partial charge in [-0.1, -0.05) is 0 Å². The smallest absolute Gasteiger partial charge is 0.304 e. The van der Waals surface area contributed by atoms with Crippen molar-refractivity contribution in [2.75, 3.05) is 7.11 Å². The molecule has 0 unspecified atom stereocenters. The highest BCUT2D eigenvalue weighted by molar-refractivity contribution is 6.54. The quantitative estimate of drug-likeness (QED) is 0.427. The number of hydrogen-bond acceptors (Lipinski definition) is 2. The van der Waals surface area contributed by atoms with E-state index in [0.717, 1.165) is 12.9 Å². The molecule has 0 aliphatic rings. The van der Waals surface area contributed by atoms with Crippen LogP contribution in [0.2, 0.25) is 0 Å². The Labute approximate surface area is 35.4 Å². The van der Waals surface area contributed by atoms with Crippen LogP contribution in [0.3, 0.4) is 0 Å². The van der Waals surface area contributed by atoms with Crippen molar-refractivity contribution in [2.45, 2.75) is 0 Å². The molecule has 0 spiro atoms. The fourth-order valence-corrected chi connectivity index (χ4v) is 0. The lowest BCUT2D eigenvalue weighted by Gasteiger charge is -1.21. The summed E-state index contributed by atoms with van der Waals surface area (Å²) in [5.41, 5.74) is 0. The van der Waals surface area contributed by atoms with E-state index in [4.69, 9.17) is 9.90 Å². The van der Waals surface area contributed by atoms with Crippen molar-refractivity contribution in [2.24, 2.45) is 0 Å². The van der Waals surface area contributed by atoms with Crippen LogP contribution in [0.15, 0.2) is 0 Å². The molecule has 2 nitrogen and oxygen atoms in total. The number of aliphatic hydroxyl groups is 1. The number of rotatable bonds is 0. The fraction of sp³-hybridized carbons (Fsp3) is 0.500. The van der Waals surface area contributed by atoms with Gasteiger partial charge in [-0.05, 0) is 11.6 Å². The summed E-state index contributed by atoms with van der Waals surface area (Å²) in [4.78, 5) is 8.45. The van der Waals surface area contributed by atoms with Gasteiger partial charge in [-0.2, -0.15) is 0 Å². The second-order valence-corrected chi connectivity index (χ2v) is 0.231. The Morgan fingerprint density at radius 3 is 1.80 bits per heavy atom. The zero-order valence-electron chi connectivity index (χ0n) is 2.73. The Kier molecular flexibility index (Phi) is 70.0. The SMILES string of the molecule is CO.O=[C]Cl. The first-order valence-electron chi connectivity index (χ1n) is 0.840. The first-order valence-corrected chi connectivity index (χ1v) is 1.22. The summed E-state index contributed by atoms with van der Waals surface area (Å²) in [6.07, 6.45) is 0. The van der Waals surface area contributed by atoms with E-state index in [9.17, 15) is 0 Å². The van der Waals surface area contributed by atoms with Gasteiger partial charge in [-0.3, -0.25) is 4.79 Å². The van der Waals surface area contributed by atoms with Crippen molar-refractivity contribution in [3.8, 4) is 0 Å². The van der Waals surface area contributed by atoms with Crippen molar-refractivity contribution < 1.29 is 9.90 Å². The van der Waals surface area contributed by atoms with E-state index >= 15 is 0 Å². The second-order valence-electron chi connectivity index (χ2n) is 0.0772. The highest BCUT2D eigenvalue weighted by Gasteiger charge is 1.34. The molecule has 31 valence electrons. The van der Waals surface area contributed by atoms with Gasteiger partial charge in [-0.25, -0.2) is 0 Å². The second kappa shape index (κ2) is 39.5. The summed E-state index contributed by atoms with van der Waals surface area (Å²) in [5.74, 6) is 0.972. The number of hydrogen-bond donors (Lipinski definition) is 1. The van der Waals surface area contributed by atoms with Crippen LogP contribution in [-0.4, -0.2) is 18.0 Å². The molecule has 3 heteroatoms. The topological polar surface area (TPSA) is 37.3 Å². The third-order valence-electron chi connectivity index (χ3n) is 0. The van der Waals surface area contributed by atoms with E-state index in [2.05, 4.69) is 11.6 Å². The maximum absolute atomic E-state index is 8.45. The zero-order valence-corrected chi connectivity index (χ0v) is 3.49. The van der Waals surface area contributed by atoms with Gasteiger partial charge in [0.2, 0.25) is 0 Å². The van der Waals surface area contributed by atoms with Crippen molar-refractivity contribution in [1.82, 2.24) is 0 Å². The standard InChI is InChI=1S/CClO.CH4O/c2-1-3;1-2/h;2H,1H3. The summed E-state index contributed by atoms with van der Waals surface area (Å²) in [5, 5.41) is 7.00. The Balaban J connectivity index is 0. The minimum Gasteiger partial charge on any atom is -0.400 e. The minimum atomic E-state index is 0.972. The van der Waals surface area contributed by atoms with Gasteiger partial charge in [0.15, 0.2) is 0 Å². The fourth-order valence-electron chi connectivity index (χ4n) is 0. The molecule has 0 atom stereocenters. The van der Waals surface area contributed by atoms with Crippen LogP contribution in [0.1, 0.15) is 0 Å². The average Bonchev–Trinajstić information content (AvgIpc) is 1.46. The van der Waals surface area contributed by atoms with Gasteiger partial charge >= 0.3 is 5.75 Å². The van der Waals surface area contributed by atoms with E-state index < -0.39 is 0 Å². The van der Waals surface area contributed by atoms with E-state index in [1.165, 1.54) is 0 Å². The highest BCUT2D eigenvalue weighted by atomic mass is 35.5. The van der Waals surface area contributed by atoms with Gasteiger partial charge in [0.25, 0.3) is 0 Å². The molecular weight excluding hydrogens is 91.5 g/mol. The van der Waals surface area contributed by atoms with Gasteiger partial charge in [0.05, 0.1) is 0 Å². The molecular formula is C2H4ClO2. The van der Waals surface area contributed by atoms with Crippen molar-refractivity contribution in [1.29, 1.82) is 0 Å². The summed E-state index contributed by atoms with van der Waals surface area (Å²) in [6.45, 7) is 0. The zero-order chi connectivity index (χ0) is 4.71. The van der Waals surface area contributed by atoms with Crippen LogP contribution < -0.4 is 0 Å². The van der Waals surface area contributed by atoms with Gasteiger partial charge in [-0.15, -0.1) is 0 Å². The van der Waals surface area contributed by atoms with Crippen molar-refractivity contribution >= 4 is 17.3 Å². The van der Waals surface area contributed by atoms with Crippen LogP contribution in [0.5, 0.6) is 0 Å². The molecule has 1 N–H and O–H groups in total. The lowest BCUT2D eigenvalue weighted by Crippen LogP contribution is -1.25. The first-order chi connectivity index (χ1) is 2.41. The van der Waals surface area contributed by atoms with Crippen molar-refractivity contribution in [3.05, 3.63) is 0 Å². The third kappa shape index (κ3) is 2260.